The number of carbonyl (C=O) groups is 1. The number of allylic oxidation sites excluding steroid dienone is 1. The monoisotopic (exact) mass is 365 g/mol. The van der Waals surface area contributed by atoms with Crippen molar-refractivity contribution in [3.05, 3.63) is 86.9 Å². The number of hydrogen-bond acceptors (Lipinski definition) is 3. The first-order chi connectivity index (χ1) is 12.5. The van der Waals surface area contributed by atoms with E-state index >= 15 is 0 Å². The summed E-state index contributed by atoms with van der Waals surface area (Å²) in [5.41, 5.74) is 3.00. The van der Waals surface area contributed by atoms with Gasteiger partial charge in [-0.3, -0.25) is 14.2 Å². The first-order valence-corrected chi connectivity index (χ1v) is 8.62. The smallest absolute Gasteiger partial charge is 0.262 e. The van der Waals surface area contributed by atoms with Gasteiger partial charge < -0.3 is 10.3 Å². The molecule has 26 heavy (non-hydrogen) atoms. The lowest BCUT2D eigenvalue weighted by molar-refractivity contribution is 0.0951. The molecule has 0 aliphatic carbocycles. The lowest BCUT2D eigenvalue weighted by Crippen LogP contribution is -2.24. The predicted molar refractivity (Wildman–Crippen MR) is 106 cm³/mol. The molecular formula is C20H19N3O2S. The Morgan fingerprint density at radius 3 is 2.81 bits per heavy atom. The molecule has 0 aliphatic heterocycles. The molecule has 0 aliphatic rings. The highest BCUT2D eigenvalue weighted by Gasteiger charge is 2.10. The van der Waals surface area contributed by atoms with Gasteiger partial charge in [0.15, 0.2) is 4.77 Å². The Hall–Kier alpha value is -2.99. The van der Waals surface area contributed by atoms with E-state index < -0.39 is 0 Å². The molecule has 0 saturated carbocycles. The van der Waals surface area contributed by atoms with Crippen LogP contribution in [0, 0.1) is 11.7 Å². The number of rotatable bonds is 5. The molecule has 1 aromatic heterocycles. The van der Waals surface area contributed by atoms with E-state index in [4.69, 9.17) is 12.2 Å². The molecule has 2 N–H and O–H groups in total. The van der Waals surface area contributed by atoms with Crippen molar-refractivity contribution in [1.82, 2.24) is 14.9 Å². The summed E-state index contributed by atoms with van der Waals surface area (Å²) in [7, 11) is 0. The Morgan fingerprint density at radius 2 is 2.08 bits per heavy atom. The van der Waals surface area contributed by atoms with Crippen molar-refractivity contribution in [1.29, 1.82) is 0 Å². The number of H-pyrrole nitrogens is 1. The van der Waals surface area contributed by atoms with Gasteiger partial charge in [-0.25, -0.2) is 0 Å². The largest absolute Gasteiger partial charge is 0.348 e. The molecule has 3 rings (SSSR count). The maximum atomic E-state index is 12.5. The van der Waals surface area contributed by atoms with Gasteiger partial charge in [0, 0.05) is 18.7 Å². The Kier molecular flexibility index (Phi) is 5.14. The van der Waals surface area contributed by atoms with Crippen molar-refractivity contribution >= 4 is 29.0 Å². The number of aromatic nitrogens is 2. The lowest BCUT2D eigenvalue weighted by atomic mass is 10.1. The average Bonchev–Trinajstić information content (AvgIpc) is 2.63. The fourth-order valence-corrected chi connectivity index (χ4v) is 3.04. The average molecular weight is 365 g/mol. The molecule has 132 valence electrons. The molecule has 0 spiro atoms. The van der Waals surface area contributed by atoms with Gasteiger partial charge in [0.25, 0.3) is 11.5 Å². The van der Waals surface area contributed by atoms with E-state index in [0.717, 1.165) is 11.1 Å². The normalized spacial score (nSPS) is 10.7. The molecule has 6 heteroatoms. The van der Waals surface area contributed by atoms with Gasteiger partial charge in [-0.2, -0.15) is 0 Å². The van der Waals surface area contributed by atoms with Crippen LogP contribution in [0.4, 0.5) is 0 Å². The fourth-order valence-electron chi connectivity index (χ4n) is 2.78. The van der Waals surface area contributed by atoms with Gasteiger partial charge in [-0.1, -0.05) is 30.3 Å². The van der Waals surface area contributed by atoms with Crippen molar-refractivity contribution in [3.63, 3.8) is 0 Å². The van der Waals surface area contributed by atoms with Crippen LogP contribution in [-0.2, 0) is 13.1 Å². The quantitative estimate of drug-likeness (QED) is 0.537. The summed E-state index contributed by atoms with van der Waals surface area (Å²) in [5, 5.41) is 3.39. The van der Waals surface area contributed by atoms with Gasteiger partial charge in [0.2, 0.25) is 0 Å². The van der Waals surface area contributed by atoms with Gasteiger partial charge in [0.1, 0.15) is 0 Å². The number of carbonyl (C=O) groups excluding carboxylic acids is 1. The molecule has 5 nitrogen and oxygen atoms in total. The van der Waals surface area contributed by atoms with Crippen molar-refractivity contribution in [2.75, 3.05) is 0 Å². The Labute approximate surface area is 156 Å². The zero-order chi connectivity index (χ0) is 18.7. The second kappa shape index (κ2) is 7.49. The Balaban J connectivity index is 1.89. The molecular weight excluding hydrogens is 346 g/mol. The third kappa shape index (κ3) is 3.50. The van der Waals surface area contributed by atoms with Crippen LogP contribution in [0.1, 0.15) is 21.5 Å². The van der Waals surface area contributed by atoms with Crippen LogP contribution < -0.4 is 10.9 Å². The third-order valence-corrected chi connectivity index (χ3v) is 4.58. The molecule has 3 aromatic rings. The van der Waals surface area contributed by atoms with Crippen LogP contribution in [0.3, 0.4) is 0 Å². The number of benzene rings is 2. The highest BCUT2D eigenvalue weighted by Crippen LogP contribution is 2.12. The summed E-state index contributed by atoms with van der Waals surface area (Å²) in [6.07, 6.45) is 1.62. The first-order valence-electron chi connectivity index (χ1n) is 8.21. The van der Waals surface area contributed by atoms with Gasteiger partial charge in [0.05, 0.1) is 10.9 Å². The molecule has 0 bridgehead atoms. The molecule has 0 radical (unpaired) electrons. The van der Waals surface area contributed by atoms with Crippen LogP contribution >= 0.6 is 12.2 Å². The number of aryl methyl sites for hydroxylation is 1. The third-order valence-electron chi connectivity index (χ3n) is 4.26. The minimum atomic E-state index is -0.204. The zero-order valence-corrected chi connectivity index (χ0v) is 15.2. The molecule has 2 aromatic carbocycles. The topological polar surface area (TPSA) is 66.9 Å². The fraction of sp³-hybridized carbons (Fsp3) is 0.150. The standard InChI is InChI=1S/C20H19N3O2S/c1-3-10-23-19(25)16-9-8-14(11-17(16)22-20(23)26)18(24)21-12-15-7-5-4-6-13(15)2/h3-9,11H,1,10,12H2,2H3,(H,21,24)(H,22,26). The summed E-state index contributed by atoms with van der Waals surface area (Å²) >= 11 is 5.23. The minimum absolute atomic E-state index is 0.199. The summed E-state index contributed by atoms with van der Waals surface area (Å²) in [6.45, 7) is 6.42. The summed E-state index contributed by atoms with van der Waals surface area (Å²) in [4.78, 5) is 28.0. The molecule has 0 unspecified atom stereocenters. The molecule has 0 saturated heterocycles. The highest BCUT2D eigenvalue weighted by molar-refractivity contribution is 7.71. The number of nitrogens with one attached hydrogen (secondary N) is 2. The second-order valence-electron chi connectivity index (χ2n) is 6.00. The molecule has 0 atom stereocenters. The van der Waals surface area contributed by atoms with E-state index in [1.165, 1.54) is 4.57 Å². The number of nitrogens with zero attached hydrogens (tertiary/aromatic N) is 1. The van der Waals surface area contributed by atoms with Crippen LogP contribution in [0.2, 0.25) is 0 Å². The molecule has 1 heterocycles. The zero-order valence-electron chi connectivity index (χ0n) is 14.4. The van der Waals surface area contributed by atoms with E-state index in [0.29, 0.717) is 34.3 Å². The predicted octanol–water partition coefficient (Wildman–Crippen LogP) is 3.48. The van der Waals surface area contributed by atoms with Crippen molar-refractivity contribution in [2.24, 2.45) is 0 Å². The summed E-state index contributed by atoms with van der Waals surface area (Å²) in [6, 6.07) is 12.8. The number of amides is 1. The van der Waals surface area contributed by atoms with Crippen LogP contribution in [-0.4, -0.2) is 15.5 Å². The van der Waals surface area contributed by atoms with E-state index in [1.807, 2.05) is 31.2 Å². The van der Waals surface area contributed by atoms with Gasteiger partial charge in [-0.15, -0.1) is 6.58 Å². The van der Waals surface area contributed by atoms with Gasteiger partial charge >= 0.3 is 0 Å². The Morgan fingerprint density at radius 1 is 1.31 bits per heavy atom. The van der Waals surface area contributed by atoms with Crippen LogP contribution in [0.15, 0.2) is 59.9 Å². The summed E-state index contributed by atoms with van der Waals surface area (Å²) in [5.74, 6) is -0.204. The molecule has 0 fully saturated rings. The van der Waals surface area contributed by atoms with E-state index in [1.54, 1.807) is 24.3 Å². The van der Waals surface area contributed by atoms with Gasteiger partial charge in [-0.05, 0) is 48.5 Å². The van der Waals surface area contributed by atoms with E-state index in [2.05, 4.69) is 16.9 Å². The van der Waals surface area contributed by atoms with Crippen molar-refractivity contribution in [3.8, 4) is 0 Å². The lowest BCUT2D eigenvalue weighted by Gasteiger charge is -2.09. The van der Waals surface area contributed by atoms with E-state index in [9.17, 15) is 9.59 Å². The Bertz CT molecular complexity index is 1110. The van der Waals surface area contributed by atoms with Crippen molar-refractivity contribution in [2.45, 2.75) is 20.0 Å². The molecule has 1 amide bonds. The highest BCUT2D eigenvalue weighted by atomic mass is 32.1. The maximum Gasteiger partial charge on any atom is 0.262 e. The van der Waals surface area contributed by atoms with Crippen LogP contribution in [0.5, 0.6) is 0 Å². The number of hydrogen-bond donors (Lipinski definition) is 2. The maximum absolute atomic E-state index is 12.5. The second-order valence-corrected chi connectivity index (χ2v) is 6.39. The van der Waals surface area contributed by atoms with Crippen molar-refractivity contribution < 1.29 is 4.79 Å². The SMILES string of the molecule is C=CCn1c(=S)[nH]c2cc(C(=O)NCc3ccccc3C)ccc2c1=O. The van der Waals surface area contributed by atoms with Crippen LogP contribution in [0.25, 0.3) is 10.9 Å². The van der Waals surface area contributed by atoms with E-state index in [-0.39, 0.29) is 11.5 Å². The summed E-state index contributed by atoms with van der Waals surface area (Å²) < 4.78 is 1.74. The number of fused-ring (bicyclic) bond motifs is 1. The minimum Gasteiger partial charge on any atom is -0.348 e. The number of aromatic amines is 1. The first kappa shape index (κ1) is 17.8.